The highest BCUT2D eigenvalue weighted by Gasteiger charge is 2.20. The topological polar surface area (TPSA) is 29.5 Å². The van der Waals surface area contributed by atoms with Crippen molar-refractivity contribution < 1.29 is 9.53 Å². The van der Waals surface area contributed by atoms with Crippen molar-refractivity contribution in [2.75, 3.05) is 24.6 Å². The van der Waals surface area contributed by atoms with Crippen LogP contribution in [-0.2, 0) is 4.79 Å². The van der Waals surface area contributed by atoms with Gasteiger partial charge >= 0.3 is 0 Å². The van der Waals surface area contributed by atoms with Crippen LogP contribution in [0.5, 0.6) is 5.75 Å². The fourth-order valence-electron chi connectivity index (χ4n) is 2.13. The third-order valence-electron chi connectivity index (χ3n) is 3.54. The van der Waals surface area contributed by atoms with Crippen LogP contribution in [0, 0.1) is 5.92 Å². The van der Waals surface area contributed by atoms with Crippen LogP contribution in [-0.4, -0.2) is 25.5 Å². The minimum atomic E-state index is 0.140. The standard InChI is InChI=1S/C15H21NO2/c1-3-12(2)14(17)11-16-9-6-10-18-15-8-5-4-7-13(15)16/h4-5,7-8,12H,3,6,9-11H2,1-2H3. The van der Waals surface area contributed by atoms with Gasteiger partial charge in [-0.2, -0.15) is 0 Å². The van der Waals surface area contributed by atoms with Crippen molar-refractivity contribution in [2.24, 2.45) is 5.92 Å². The molecule has 1 unspecified atom stereocenters. The molecular weight excluding hydrogens is 226 g/mol. The zero-order valence-corrected chi connectivity index (χ0v) is 11.2. The first kappa shape index (κ1) is 12.9. The number of nitrogens with zero attached hydrogens (tertiary/aromatic N) is 1. The zero-order valence-electron chi connectivity index (χ0n) is 11.2. The summed E-state index contributed by atoms with van der Waals surface area (Å²) in [5, 5.41) is 0. The van der Waals surface area contributed by atoms with E-state index in [2.05, 4.69) is 11.8 Å². The maximum Gasteiger partial charge on any atom is 0.154 e. The molecule has 98 valence electrons. The van der Waals surface area contributed by atoms with Gasteiger partial charge in [0.1, 0.15) is 5.75 Å². The Hall–Kier alpha value is -1.51. The van der Waals surface area contributed by atoms with Crippen LogP contribution in [0.1, 0.15) is 26.7 Å². The van der Waals surface area contributed by atoms with E-state index in [0.29, 0.717) is 12.3 Å². The number of ketones is 1. The van der Waals surface area contributed by atoms with Crippen molar-refractivity contribution in [1.82, 2.24) is 0 Å². The van der Waals surface area contributed by atoms with Gasteiger partial charge in [-0.3, -0.25) is 4.79 Å². The molecule has 0 saturated carbocycles. The molecule has 1 atom stereocenters. The molecule has 1 aliphatic rings. The fraction of sp³-hybridized carbons (Fsp3) is 0.533. The average Bonchev–Trinajstić information content (AvgIpc) is 2.60. The molecule has 0 amide bonds. The number of anilines is 1. The number of rotatable bonds is 4. The number of ether oxygens (including phenoxy) is 1. The van der Waals surface area contributed by atoms with E-state index in [0.717, 1.165) is 37.4 Å². The molecule has 0 spiro atoms. The normalized spacial score (nSPS) is 16.4. The molecule has 1 aromatic rings. The number of carbonyl (C=O) groups is 1. The van der Waals surface area contributed by atoms with Crippen LogP contribution in [0.15, 0.2) is 24.3 Å². The summed E-state index contributed by atoms with van der Waals surface area (Å²) in [6, 6.07) is 7.97. The predicted molar refractivity (Wildman–Crippen MR) is 73.2 cm³/mol. The number of hydrogen-bond acceptors (Lipinski definition) is 3. The number of benzene rings is 1. The zero-order chi connectivity index (χ0) is 13.0. The lowest BCUT2D eigenvalue weighted by Crippen LogP contribution is -2.32. The minimum Gasteiger partial charge on any atom is -0.491 e. The van der Waals surface area contributed by atoms with Gasteiger partial charge in [-0.15, -0.1) is 0 Å². The van der Waals surface area contributed by atoms with E-state index in [1.165, 1.54) is 0 Å². The molecule has 3 nitrogen and oxygen atoms in total. The fourth-order valence-corrected chi connectivity index (χ4v) is 2.13. The van der Waals surface area contributed by atoms with Crippen LogP contribution in [0.25, 0.3) is 0 Å². The van der Waals surface area contributed by atoms with Gasteiger partial charge in [-0.05, 0) is 25.0 Å². The summed E-state index contributed by atoms with van der Waals surface area (Å²) < 4.78 is 5.69. The summed E-state index contributed by atoms with van der Waals surface area (Å²) in [5.74, 6) is 1.35. The van der Waals surface area contributed by atoms with Crippen LogP contribution in [0.2, 0.25) is 0 Å². The van der Waals surface area contributed by atoms with E-state index in [9.17, 15) is 4.79 Å². The van der Waals surface area contributed by atoms with Crippen LogP contribution < -0.4 is 9.64 Å². The highest BCUT2D eigenvalue weighted by molar-refractivity contribution is 5.86. The van der Waals surface area contributed by atoms with Crippen molar-refractivity contribution in [3.63, 3.8) is 0 Å². The van der Waals surface area contributed by atoms with E-state index in [4.69, 9.17) is 4.74 Å². The highest BCUT2D eigenvalue weighted by atomic mass is 16.5. The first-order valence-electron chi connectivity index (χ1n) is 6.72. The molecule has 0 saturated heterocycles. The van der Waals surface area contributed by atoms with Crippen LogP contribution >= 0.6 is 0 Å². The van der Waals surface area contributed by atoms with Gasteiger partial charge in [-0.1, -0.05) is 26.0 Å². The Labute approximate surface area is 109 Å². The van der Waals surface area contributed by atoms with Crippen molar-refractivity contribution in [3.05, 3.63) is 24.3 Å². The second-order valence-electron chi connectivity index (χ2n) is 4.87. The van der Waals surface area contributed by atoms with Gasteiger partial charge in [-0.25, -0.2) is 0 Å². The van der Waals surface area contributed by atoms with Crippen LogP contribution in [0.4, 0.5) is 5.69 Å². The summed E-state index contributed by atoms with van der Waals surface area (Å²) in [5.41, 5.74) is 1.05. The monoisotopic (exact) mass is 247 g/mol. The molecule has 2 rings (SSSR count). The third-order valence-corrected chi connectivity index (χ3v) is 3.54. The van der Waals surface area contributed by atoms with Gasteiger partial charge in [0.25, 0.3) is 0 Å². The van der Waals surface area contributed by atoms with E-state index in [1.807, 2.05) is 31.2 Å². The maximum atomic E-state index is 12.1. The second kappa shape index (κ2) is 5.89. The lowest BCUT2D eigenvalue weighted by molar-refractivity contribution is -0.121. The summed E-state index contributed by atoms with van der Waals surface area (Å²) >= 11 is 0. The Morgan fingerprint density at radius 3 is 3.00 bits per heavy atom. The molecule has 1 aromatic carbocycles. The van der Waals surface area contributed by atoms with Gasteiger partial charge in [0.05, 0.1) is 18.8 Å². The van der Waals surface area contributed by atoms with Crippen molar-refractivity contribution in [1.29, 1.82) is 0 Å². The Morgan fingerprint density at radius 2 is 2.22 bits per heavy atom. The lowest BCUT2D eigenvalue weighted by Gasteiger charge is -2.24. The number of fused-ring (bicyclic) bond motifs is 1. The summed E-state index contributed by atoms with van der Waals surface area (Å²) in [4.78, 5) is 14.2. The largest absolute Gasteiger partial charge is 0.491 e. The number of hydrogen-bond donors (Lipinski definition) is 0. The molecule has 0 N–H and O–H groups in total. The summed E-state index contributed by atoms with van der Waals surface area (Å²) in [6.07, 6.45) is 1.87. The summed E-state index contributed by atoms with van der Waals surface area (Å²) in [7, 11) is 0. The molecule has 1 aliphatic heterocycles. The van der Waals surface area contributed by atoms with E-state index < -0.39 is 0 Å². The Kier molecular flexibility index (Phi) is 4.24. The van der Waals surface area contributed by atoms with E-state index >= 15 is 0 Å². The van der Waals surface area contributed by atoms with E-state index in [-0.39, 0.29) is 5.92 Å². The Morgan fingerprint density at radius 1 is 1.44 bits per heavy atom. The van der Waals surface area contributed by atoms with Crippen molar-refractivity contribution in [2.45, 2.75) is 26.7 Å². The molecule has 18 heavy (non-hydrogen) atoms. The molecule has 0 bridgehead atoms. The van der Waals surface area contributed by atoms with E-state index in [1.54, 1.807) is 0 Å². The average molecular weight is 247 g/mol. The van der Waals surface area contributed by atoms with Crippen molar-refractivity contribution in [3.8, 4) is 5.75 Å². The SMILES string of the molecule is CCC(C)C(=O)CN1CCCOc2ccccc21. The molecular formula is C15H21NO2. The first-order chi connectivity index (χ1) is 8.72. The number of carbonyl (C=O) groups excluding carboxylic acids is 1. The molecule has 1 heterocycles. The second-order valence-corrected chi connectivity index (χ2v) is 4.87. The quantitative estimate of drug-likeness (QED) is 0.819. The minimum absolute atomic E-state index is 0.140. The molecule has 3 heteroatoms. The number of para-hydroxylation sites is 2. The maximum absolute atomic E-state index is 12.1. The summed E-state index contributed by atoms with van der Waals surface area (Å²) in [6.45, 7) is 6.17. The number of Topliss-reactive ketones (excluding diaryl/α,β-unsaturated/α-hetero) is 1. The Bertz CT molecular complexity index is 417. The molecule has 0 fully saturated rings. The van der Waals surface area contributed by atoms with Gasteiger partial charge in [0, 0.05) is 12.5 Å². The predicted octanol–water partition coefficient (Wildman–Crippen LogP) is 2.89. The molecule has 0 radical (unpaired) electrons. The van der Waals surface area contributed by atoms with Gasteiger partial charge in [0.15, 0.2) is 5.78 Å². The third kappa shape index (κ3) is 2.84. The smallest absolute Gasteiger partial charge is 0.154 e. The van der Waals surface area contributed by atoms with Gasteiger partial charge in [0.2, 0.25) is 0 Å². The molecule has 0 aromatic heterocycles. The highest BCUT2D eigenvalue weighted by Crippen LogP contribution is 2.30. The Balaban J connectivity index is 2.15. The van der Waals surface area contributed by atoms with Crippen LogP contribution in [0.3, 0.4) is 0 Å². The first-order valence-corrected chi connectivity index (χ1v) is 6.72. The van der Waals surface area contributed by atoms with Crippen molar-refractivity contribution >= 4 is 11.5 Å². The van der Waals surface area contributed by atoms with Gasteiger partial charge < -0.3 is 9.64 Å². The lowest BCUT2D eigenvalue weighted by atomic mass is 10.0. The molecule has 0 aliphatic carbocycles.